The highest BCUT2D eigenvalue weighted by molar-refractivity contribution is 6.19. The maximum atomic E-state index is 9.00. The summed E-state index contributed by atoms with van der Waals surface area (Å²) < 4.78 is 0. The zero-order valence-corrected chi connectivity index (χ0v) is 8.01. The molecule has 0 bridgehead atoms. The molecule has 0 saturated heterocycles. The molecule has 0 aromatic heterocycles. The number of aliphatic hydroxyl groups excluding tert-OH is 3. The summed E-state index contributed by atoms with van der Waals surface area (Å²) in [6, 6.07) is 0. The maximum absolute atomic E-state index is 9.00. The van der Waals surface area contributed by atoms with Crippen LogP contribution in [-0.2, 0) is 9.59 Å². The van der Waals surface area contributed by atoms with E-state index in [-0.39, 0.29) is 26.1 Å². The smallest absolute Gasteiger partial charge is 0.368 e. The van der Waals surface area contributed by atoms with Gasteiger partial charge in [-0.25, -0.2) is 4.79 Å². The van der Waals surface area contributed by atoms with Crippen LogP contribution in [0.1, 0.15) is 13.3 Å². The van der Waals surface area contributed by atoms with Crippen molar-refractivity contribution in [1.29, 1.82) is 0 Å². The molecule has 0 rings (SSSR count). The van der Waals surface area contributed by atoms with Crippen LogP contribution in [0.5, 0.6) is 0 Å². The predicted molar refractivity (Wildman–Crippen MR) is 47.7 cm³/mol. The molecule has 0 atom stereocenters. The number of rotatable bonds is 5. The van der Waals surface area contributed by atoms with E-state index < -0.39 is 11.4 Å². The molecule has 0 aromatic carbocycles. The van der Waals surface area contributed by atoms with Crippen LogP contribution >= 0.6 is 0 Å². The van der Waals surface area contributed by atoms with Crippen molar-refractivity contribution in [3.8, 4) is 0 Å². The summed E-state index contributed by atoms with van der Waals surface area (Å²) in [5.41, 5.74) is -0.667. The molecule has 84 valence electrons. The SMILES string of the molecule is CCC(CO)(CO)CO.O=CC(=O)O. The van der Waals surface area contributed by atoms with Gasteiger partial charge in [-0.3, -0.25) is 4.79 Å². The number of carboxylic acids is 1. The van der Waals surface area contributed by atoms with Crippen molar-refractivity contribution in [1.82, 2.24) is 0 Å². The van der Waals surface area contributed by atoms with Crippen LogP contribution in [0.25, 0.3) is 0 Å². The van der Waals surface area contributed by atoms with E-state index in [1.165, 1.54) is 0 Å². The van der Waals surface area contributed by atoms with Crippen molar-refractivity contribution in [2.45, 2.75) is 13.3 Å². The Labute approximate surface area is 81.8 Å². The van der Waals surface area contributed by atoms with Crippen LogP contribution in [-0.4, -0.2) is 52.5 Å². The summed E-state index contributed by atoms with van der Waals surface area (Å²) in [5.74, 6) is -1.43. The van der Waals surface area contributed by atoms with Gasteiger partial charge in [0.1, 0.15) is 0 Å². The highest BCUT2D eigenvalue weighted by Gasteiger charge is 2.24. The van der Waals surface area contributed by atoms with Gasteiger partial charge in [0, 0.05) is 5.41 Å². The van der Waals surface area contributed by atoms with Crippen molar-refractivity contribution in [2.24, 2.45) is 5.41 Å². The number of hydrogen-bond acceptors (Lipinski definition) is 5. The van der Waals surface area contributed by atoms with Gasteiger partial charge in [0.2, 0.25) is 6.29 Å². The van der Waals surface area contributed by atoms with E-state index in [0.29, 0.717) is 6.42 Å². The van der Waals surface area contributed by atoms with Gasteiger partial charge >= 0.3 is 5.97 Å². The Morgan fingerprint density at radius 1 is 1.21 bits per heavy atom. The summed E-state index contributed by atoms with van der Waals surface area (Å²) in [7, 11) is 0. The fraction of sp³-hybridized carbons (Fsp3) is 0.750. The first-order valence-corrected chi connectivity index (χ1v) is 4.02. The van der Waals surface area contributed by atoms with Crippen LogP contribution in [0.15, 0.2) is 0 Å². The first-order valence-electron chi connectivity index (χ1n) is 4.02. The van der Waals surface area contributed by atoms with Crippen molar-refractivity contribution < 1.29 is 30.0 Å². The normalized spacial score (nSPS) is 10.0. The molecule has 0 saturated carbocycles. The minimum Gasteiger partial charge on any atom is -0.476 e. The minimum atomic E-state index is -1.43. The molecule has 0 radical (unpaired) electrons. The van der Waals surface area contributed by atoms with Crippen molar-refractivity contribution >= 4 is 12.3 Å². The molecule has 0 heterocycles. The van der Waals surface area contributed by atoms with Gasteiger partial charge in [-0.1, -0.05) is 6.92 Å². The van der Waals surface area contributed by atoms with E-state index >= 15 is 0 Å². The molecular formula is C8H16O6. The van der Waals surface area contributed by atoms with E-state index in [1.807, 2.05) is 6.92 Å². The first-order chi connectivity index (χ1) is 6.51. The topological polar surface area (TPSA) is 115 Å². The average molecular weight is 208 g/mol. The largest absolute Gasteiger partial charge is 0.476 e. The lowest BCUT2D eigenvalue weighted by Gasteiger charge is -2.24. The zero-order chi connectivity index (χ0) is 11.6. The van der Waals surface area contributed by atoms with Crippen molar-refractivity contribution in [2.75, 3.05) is 19.8 Å². The minimum absolute atomic E-state index is 0.156. The van der Waals surface area contributed by atoms with Gasteiger partial charge < -0.3 is 20.4 Å². The average Bonchev–Trinajstić information content (AvgIpc) is 2.23. The summed E-state index contributed by atoms with van der Waals surface area (Å²) in [5, 5.41) is 33.3. The number of aliphatic hydroxyl groups is 3. The van der Waals surface area contributed by atoms with E-state index in [1.54, 1.807) is 0 Å². The highest BCUT2D eigenvalue weighted by atomic mass is 16.4. The molecule has 0 aliphatic carbocycles. The van der Waals surface area contributed by atoms with Gasteiger partial charge in [-0.05, 0) is 6.42 Å². The Morgan fingerprint density at radius 2 is 1.50 bits per heavy atom. The number of aliphatic carboxylic acids is 1. The Bertz CT molecular complexity index is 146. The molecule has 0 unspecified atom stereocenters. The van der Waals surface area contributed by atoms with E-state index in [0.717, 1.165) is 0 Å². The van der Waals surface area contributed by atoms with Crippen LogP contribution in [0.3, 0.4) is 0 Å². The number of aldehydes is 1. The second kappa shape index (κ2) is 8.61. The molecule has 14 heavy (non-hydrogen) atoms. The summed E-state index contributed by atoms with van der Waals surface area (Å²) in [6.45, 7) is 1.35. The Morgan fingerprint density at radius 3 is 1.50 bits per heavy atom. The molecule has 0 amide bonds. The Balaban J connectivity index is 0. The molecule has 4 N–H and O–H groups in total. The lowest BCUT2D eigenvalue weighted by Crippen LogP contribution is -2.32. The summed E-state index contributed by atoms with van der Waals surface area (Å²) in [6.07, 6.45) is 0.427. The van der Waals surface area contributed by atoms with Crippen LogP contribution in [0.4, 0.5) is 0 Å². The zero-order valence-electron chi connectivity index (χ0n) is 8.01. The number of carboxylic acid groups (broad SMARTS) is 1. The molecule has 6 nitrogen and oxygen atoms in total. The van der Waals surface area contributed by atoms with Crippen LogP contribution < -0.4 is 0 Å². The molecule has 0 aliphatic rings. The van der Waals surface area contributed by atoms with E-state index in [4.69, 9.17) is 30.0 Å². The summed E-state index contributed by atoms with van der Waals surface area (Å²) >= 11 is 0. The lowest BCUT2D eigenvalue weighted by molar-refractivity contribution is -0.143. The predicted octanol–water partition coefficient (Wildman–Crippen LogP) is -1.37. The molecule has 0 aromatic rings. The monoisotopic (exact) mass is 208 g/mol. The van der Waals surface area contributed by atoms with Crippen LogP contribution in [0, 0.1) is 5.41 Å². The molecule has 6 heteroatoms. The van der Waals surface area contributed by atoms with Crippen molar-refractivity contribution in [3.05, 3.63) is 0 Å². The fourth-order valence-electron chi connectivity index (χ4n) is 0.485. The third-order valence-electron chi connectivity index (χ3n) is 1.86. The van der Waals surface area contributed by atoms with Gasteiger partial charge in [-0.2, -0.15) is 0 Å². The highest BCUT2D eigenvalue weighted by Crippen LogP contribution is 2.18. The van der Waals surface area contributed by atoms with Crippen LogP contribution in [0.2, 0.25) is 0 Å². The third-order valence-corrected chi connectivity index (χ3v) is 1.86. The first kappa shape index (κ1) is 15.5. The van der Waals surface area contributed by atoms with E-state index in [2.05, 4.69) is 0 Å². The molecule has 0 spiro atoms. The lowest BCUT2D eigenvalue weighted by atomic mass is 9.88. The quantitative estimate of drug-likeness (QED) is 0.327. The Kier molecular flexibility index (Phi) is 9.53. The standard InChI is InChI=1S/C6H14O3.C2H2O3/c1-2-6(3-7,4-8)5-9;3-1-2(4)5/h7-9H,2-5H2,1H3;1H,(H,4,5). The van der Waals surface area contributed by atoms with Gasteiger partial charge in [0.05, 0.1) is 19.8 Å². The molecular weight excluding hydrogens is 192 g/mol. The van der Waals surface area contributed by atoms with Gasteiger partial charge in [0.25, 0.3) is 0 Å². The van der Waals surface area contributed by atoms with E-state index in [9.17, 15) is 0 Å². The number of carbonyl (C=O) groups excluding carboxylic acids is 1. The maximum Gasteiger partial charge on any atom is 0.368 e. The third kappa shape index (κ3) is 6.53. The number of hydrogen-bond donors (Lipinski definition) is 4. The summed E-state index contributed by atoms with van der Waals surface area (Å²) in [4.78, 5) is 17.9. The molecule has 0 fully saturated rings. The second-order valence-corrected chi connectivity index (χ2v) is 2.78. The number of carbonyl (C=O) groups is 2. The van der Waals surface area contributed by atoms with Crippen molar-refractivity contribution in [3.63, 3.8) is 0 Å². The molecule has 0 aliphatic heterocycles. The Hall–Kier alpha value is -0.980. The fourth-order valence-corrected chi connectivity index (χ4v) is 0.485. The van der Waals surface area contributed by atoms with Gasteiger partial charge in [0.15, 0.2) is 0 Å². The van der Waals surface area contributed by atoms with Gasteiger partial charge in [-0.15, -0.1) is 0 Å². The second-order valence-electron chi connectivity index (χ2n) is 2.78.